The summed E-state index contributed by atoms with van der Waals surface area (Å²) in [4.78, 5) is 9.85. The molecule has 6 nitrogen and oxygen atoms in total. The highest BCUT2D eigenvalue weighted by atomic mass is 35.5. The van der Waals surface area contributed by atoms with Crippen molar-refractivity contribution in [1.29, 1.82) is 0 Å². The van der Waals surface area contributed by atoms with E-state index in [1.54, 1.807) is 7.11 Å². The molecule has 2 unspecified atom stereocenters. The van der Waals surface area contributed by atoms with Gasteiger partial charge in [0, 0.05) is 63.0 Å². The zero-order valence-electron chi connectivity index (χ0n) is 18.7. The van der Waals surface area contributed by atoms with Crippen molar-refractivity contribution in [2.45, 2.75) is 26.7 Å². The lowest BCUT2D eigenvalue weighted by Crippen LogP contribution is -2.40. The summed E-state index contributed by atoms with van der Waals surface area (Å²) in [5.74, 6) is 2.19. The molecule has 1 N–H and O–H groups in total. The summed E-state index contributed by atoms with van der Waals surface area (Å²) >= 11 is 6.22. The van der Waals surface area contributed by atoms with E-state index in [0.717, 1.165) is 63.3 Å². The molecule has 1 aromatic rings. The Morgan fingerprint density at radius 3 is 2.83 bits per heavy atom. The molecule has 168 valence electrons. The number of methoxy groups -OCH3 is 1. The molecule has 0 radical (unpaired) electrons. The van der Waals surface area contributed by atoms with E-state index in [9.17, 15) is 0 Å². The van der Waals surface area contributed by atoms with Gasteiger partial charge in [-0.3, -0.25) is 4.99 Å². The first-order valence-electron chi connectivity index (χ1n) is 11.2. The molecule has 0 aromatic heterocycles. The van der Waals surface area contributed by atoms with Gasteiger partial charge in [-0.15, -0.1) is 0 Å². The van der Waals surface area contributed by atoms with Crippen molar-refractivity contribution in [3.8, 4) is 0 Å². The number of hydrogen-bond donors (Lipinski definition) is 1. The molecular formula is C23H37ClN4O2. The minimum absolute atomic E-state index is 0.568. The number of guanidine groups is 1. The summed E-state index contributed by atoms with van der Waals surface area (Å²) in [7, 11) is 1.71. The molecule has 3 rings (SSSR count). The molecule has 0 bridgehead atoms. The number of likely N-dealkylation sites (tertiary alicyclic amines) is 1. The molecule has 0 aliphatic carbocycles. The van der Waals surface area contributed by atoms with Gasteiger partial charge in [-0.1, -0.05) is 17.7 Å². The van der Waals surface area contributed by atoms with E-state index < -0.39 is 0 Å². The summed E-state index contributed by atoms with van der Waals surface area (Å²) in [6.45, 7) is 12.4. The van der Waals surface area contributed by atoms with Gasteiger partial charge in [0.05, 0.1) is 19.8 Å². The molecule has 2 aliphatic rings. The van der Waals surface area contributed by atoms with Crippen LogP contribution >= 0.6 is 11.6 Å². The van der Waals surface area contributed by atoms with Crippen LogP contribution < -0.4 is 10.2 Å². The molecule has 30 heavy (non-hydrogen) atoms. The number of aliphatic imine (C=N–C) groups is 1. The van der Waals surface area contributed by atoms with Crippen LogP contribution in [0.1, 0.15) is 25.3 Å². The highest BCUT2D eigenvalue weighted by Gasteiger charge is 2.27. The van der Waals surface area contributed by atoms with Gasteiger partial charge in [0.2, 0.25) is 0 Å². The molecule has 0 saturated carbocycles. The standard InChI is InChI=1S/C23H37ClN4O2/c1-4-25-23(28-10-8-20(16-28)17-30-12-11-29-3)26-14-19-7-9-27(15-19)22-13-21(24)6-5-18(22)2/h5-6,13,19-20H,4,7-12,14-17H2,1-3H3,(H,25,26). The number of anilines is 1. The van der Waals surface area contributed by atoms with Crippen molar-refractivity contribution in [3.05, 3.63) is 28.8 Å². The lowest BCUT2D eigenvalue weighted by Gasteiger charge is -2.23. The minimum Gasteiger partial charge on any atom is -0.382 e. The minimum atomic E-state index is 0.568. The second-order valence-electron chi connectivity index (χ2n) is 8.39. The third-order valence-electron chi connectivity index (χ3n) is 6.00. The van der Waals surface area contributed by atoms with Crippen molar-refractivity contribution in [1.82, 2.24) is 10.2 Å². The molecule has 2 fully saturated rings. The highest BCUT2D eigenvalue weighted by molar-refractivity contribution is 6.30. The zero-order chi connectivity index (χ0) is 21.3. The van der Waals surface area contributed by atoms with Crippen LogP contribution in [0.2, 0.25) is 5.02 Å². The highest BCUT2D eigenvalue weighted by Crippen LogP contribution is 2.29. The van der Waals surface area contributed by atoms with Crippen molar-refractivity contribution in [2.75, 3.05) is 71.1 Å². The quantitative estimate of drug-likeness (QED) is 0.365. The molecule has 2 heterocycles. The van der Waals surface area contributed by atoms with Crippen LogP contribution in [-0.2, 0) is 9.47 Å². The van der Waals surface area contributed by atoms with Crippen molar-refractivity contribution < 1.29 is 9.47 Å². The third-order valence-corrected chi connectivity index (χ3v) is 6.24. The van der Waals surface area contributed by atoms with Gasteiger partial charge in [0.25, 0.3) is 0 Å². The number of rotatable bonds is 9. The summed E-state index contributed by atoms with van der Waals surface area (Å²) in [5.41, 5.74) is 2.55. The van der Waals surface area contributed by atoms with Crippen molar-refractivity contribution in [2.24, 2.45) is 16.8 Å². The average Bonchev–Trinajstić information content (AvgIpc) is 3.40. The number of halogens is 1. The van der Waals surface area contributed by atoms with Gasteiger partial charge in [0.1, 0.15) is 0 Å². The van der Waals surface area contributed by atoms with Gasteiger partial charge < -0.3 is 24.6 Å². The first-order chi connectivity index (χ1) is 14.6. The molecule has 1 aromatic carbocycles. The topological polar surface area (TPSA) is 49.3 Å². The summed E-state index contributed by atoms with van der Waals surface area (Å²) in [5, 5.41) is 4.30. The van der Waals surface area contributed by atoms with Crippen LogP contribution in [0.5, 0.6) is 0 Å². The summed E-state index contributed by atoms with van der Waals surface area (Å²) < 4.78 is 10.8. The SMILES string of the molecule is CCNC(=NCC1CCN(c2cc(Cl)ccc2C)C1)N1CCC(COCCOC)C1. The van der Waals surface area contributed by atoms with E-state index >= 15 is 0 Å². The van der Waals surface area contributed by atoms with Crippen LogP contribution in [-0.4, -0.2) is 77.1 Å². The Kier molecular flexibility index (Phi) is 9.09. The summed E-state index contributed by atoms with van der Waals surface area (Å²) in [6, 6.07) is 6.16. The van der Waals surface area contributed by atoms with E-state index in [2.05, 4.69) is 41.1 Å². The van der Waals surface area contributed by atoms with E-state index in [-0.39, 0.29) is 0 Å². The molecule has 0 spiro atoms. The maximum Gasteiger partial charge on any atom is 0.193 e. The fourth-order valence-corrected chi connectivity index (χ4v) is 4.48. The first kappa shape index (κ1) is 23.2. The third kappa shape index (κ3) is 6.50. The van der Waals surface area contributed by atoms with Crippen LogP contribution in [0, 0.1) is 18.8 Å². The van der Waals surface area contributed by atoms with Gasteiger partial charge in [-0.05, 0) is 50.3 Å². The number of aryl methyl sites for hydroxylation is 1. The van der Waals surface area contributed by atoms with Crippen LogP contribution in [0.4, 0.5) is 5.69 Å². The fourth-order valence-electron chi connectivity index (χ4n) is 4.32. The second-order valence-corrected chi connectivity index (χ2v) is 8.83. The van der Waals surface area contributed by atoms with Crippen molar-refractivity contribution in [3.63, 3.8) is 0 Å². The first-order valence-corrected chi connectivity index (χ1v) is 11.6. The average molecular weight is 437 g/mol. The van der Waals surface area contributed by atoms with Crippen LogP contribution in [0.15, 0.2) is 23.2 Å². The van der Waals surface area contributed by atoms with E-state index in [1.165, 1.54) is 17.7 Å². The molecule has 7 heteroatoms. The van der Waals surface area contributed by atoms with E-state index in [4.69, 9.17) is 26.1 Å². The normalized spacial score (nSPS) is 22.2. The molecule has 2 saturated heterocycles. The molecule has 2 atom stereocenters. The smallest absolute Gasteiger partial charge is 0.193 e. The Morgan fingerprint density at radius 2 is 2.03 bits per heavy atom. The molecular weight excluding hydrogens is 400 g/mol. The van der Waals surface area contributed by atoms with Crippen LogP contribution in [0.3, 0.4) is 0 Å². The van der Waals surface area contributed by atoms with Gasteiger partial charge in [-0.25, -0.2) is 0 Å². The lowest BCUT2D eigenvalue weighted by molar-refractivity contribution is 0.0536. The predicted octanol–water partition coefficient (Wildman–Crippen LogP) is 3.43. The largest absolute Gasteiger partial charge is 0.382 e. The van der Waals surface area contributed by atoms with Gasteiger partial charge in [-0.2, -0.15) is 0 Å². The summed E-state index contributed by atoms with van der Waals surface area (Å²) in [6.07, 6.45) is 2.33. The molecule has 2 aliphatic heterocycles. The Balaban J connectivity index is 1.51. The fraction of sp³-hybridized carbons (Fsp3) is 0.696. The maximum atomic E-state index is 6.22. The Hall–Kier alpha value is -1.50. The number of benzene rings is 1. The zero-order valence-corrected chi connectivity index (χ0v) is 19.5. The predicted molar refractivity (Wildman–Crippen MR) is 125 cm³/mol. The van der Waals surface area contributed by atoms with E-state index in [0.29, 0.717) is 25.0 Å². The number of nitrogens with one attached hydrogen (secondary N) is 1. The second kappa shape index (κ2) is 11.8. The van der Waals surface area contributed by atoms with E-state index in [1.807, 2.05) is 6.07 Å². The Morgan fingerprint density at radius 1 is 1.20 bits per heavy atom. The lowest BCUT2D eigenvalue weighted by atomic mass is 10.1. The molecule has 0 amide bonds. The number of nitrogens with zero attached hydrogens (tertiary/aromatic N) is 3. The number of hydrogen-bond acceptors (Lipinski definition) is 4. The Labute approximate surface area is 186 Å². The van der Waals surface area contributed by atoms with Gasteiger partial charge in [0.15, 0.2) is 5.96 Å². The maximum absolute atomic E-state index is 6.22. The van der Waals surface area contributed by atoms with Crippen LogP contribution in [0.25, 0.3) is 0 Å². The monoisotopic (exact) mass is 436 g/mol. The Bertz CT molecular complexity index is 700. The van der Waals surface area contributed by atoms with Gasteiger partial charge >= 0.3 is 0 Å². The number of ether oxygens (including phenoxy) is 2. The van der Waals surface area contributed by atoms with Crippen molar-refractivity contribution >= 4 is 23.2 Å².